The minimum absolute atomic E-state index is 0.0176. The summed E-state index contributed by atoms with van der Waals surface area (Å²) in [6, 6.07) is 14.4. The number of likely N-dealkylation sites (tertiary alicyclic amines) is 1. The topological polar surface area (TPSA) is 41.6 Å². The fourth-order valence-corrected chi connectivity index (χ4v) is 3.52. The number of nitrogens with one attached hydrogen (secondary N) is 1. The molecule has 1 heterocycles. The summed E-state index contributed by atoms with van der Waals surface area (Å²) in [5.41, 5.74) is 2.26. The average Bonchev–Trinajstić information content (AvgIpc) is 2.69. The molecule has 0 saturated carbocycles. The van der Waals surface area contributed by atoms with E-state index in [2.05, 4.69) is 10.2 Å². The van der Waals surface area contributed by atoms with Crippen LogP contribution in [0.2, 0.25) is 0 Å². The van der Waals surface area contributed by atoms with Crippen LogP contribution in [0.15, 0.2) is 48.5 Å². The second-order valence-electron chi connectivity index (χ2n) is 7.73. The predicted octanol–water partition coefficient (Wildman–Crippen LogP) is 3.93. The van der Waals surface area contributed by atoms with Crippen LogP contribution in [-0.4, -0.2) is 36.5 Å². The van der Waals surface area contributed by atoms with Gasteiger partial charge in [-0.25, -0.2) is 4.39 Å². The van der Waals surface area contributed by atoms with E-state index in [4.69, 9.17) is 4.74 Å². The molecule has 0 aliphatic carbocycles. The summed E-state index contributed by atoms with van der Waals surface area (Å²) in [5, 5.41) is 3.08. The quantitative estimate of drug-likeness (QED) is 0.786. The van der Waals surface area contributed by atoms with E-state index in [9.17, 15) is 9.18 Å². The third-order valence-electron chi connectivity index (χ3n) is 5.11. The minimum Gasteiger partial charge on any atom is -0.491 e. The lowest BCUT2D eigenvalue weighted by atomic mass is 9.96. The van der Waals surface area contributed by atoms with Gasteiger partial charge >= 0.3 is 0 Å². The van der Waals surface area contributed by atoms with Gasteiger partial charge in [-0.3, -0.25) is 9.69 Å². The Labute approximate surface area is 166 Å². The van der Waals surface area contributed by atoms with Crippen molar-refractivity contribution in [3.05, 3.63) is 65.5 Å². The van der Waals surface area contributed by atoms with Crippen molar-refractivity contribution in [2.75, 3.05) is 19.7 Å². The number of piperidine rings is 1. The highest BCUT2D eigenvalue weighted by Gasteiger charge is 2.26. The van der Waals surface area contributed by atoms with Crippen molar-refractivity contribution in [2.45, 2.75) is 39.3 Å². The van der Waals surface area contributed by atoms with E-state index in [-0.39, 0.29) is 23.7 Å². The number of nitrogens with zero attached hydrogens (tertiary/aromatic N) is 1. The number of aryl methyl sites for hydroxylation is 1. The van der Waals surface area contributed by atoms with Gasteiger partial charge in [0.25, 0.3) is 0 Å². The third kappa shape index (κ3) is 6.06. The highest BCUT2D eigenvalue weighted by molar-refractivity contribution is 5.79. The van der Waals surface area contributed by atoms with Crippen LogP contribution in [0.4, 0.5) is 4.39 Å². The number of benzene rings is 2. The zero-order valence-corrected chi connectivity index (χ0v) is 16.7. The second-order valence-corrected chi connectivity index (χ2v) is 7.73. The summed E-state index contributed by atoms with van der Waals surface area (Å²) < 4.78 is 18.8. The molecule has 3 rings (SSSR count). The standard InChI is InChI=1S/C23H29FN2O2/c1-17-5-11-22(12-6-17)28-16-18(2)25-23(27)20-4-3-13-26(15-20)14-19-7-9-21(24)10-8-19/h5-12,18,20H,3-4,13-16H2,1-2H3,(H,25,27). The number of rotatable bonds is 7. The molecule has 150 valence electrons. The van der Waals surface area contributed by atoms with Crippen molar-refractivity contribution in [3.63, 3.8) is 0 Å². The van der Waals surface area contributed by atoms with E-state index in [1.54, 1.807) is 0 Å². The summed E-state index contributed by atoms with van der Waals surface area (Å²) in [7, 11) is 0. The van der Waals surface area contributed by atoms with Crippen molar-refractivity contribution >= 4 is 5.91 Å². The Hall–Kier alpha value is -2.40. The van der Waals surface area contributed by atoms with Gasteiger partial charge in [0.15, 0.2) is 0 Å². The first-order chi connectivity index (χ1) is 13.5. The second kappa shape index (κ2) is 9.69. The Morgan fingerprint density at radius 3 is 2.64 bits per heavy atom. The lowest BCUT2D eigenvalue weighted by Crippen LogP contribution is -2.46. The zero-order valence-electron chi connectivity index (χ0n) is 16.7. The Bertz CT molecular complexity index is 761. The molecule has 0 spiro atoms. The molecule has 1 aliphatic rings. The highest BCUT2D eigenvalue weighted by Crippen LogP contribution is 2.19. The molecule has 1 fully saturated rings. The van der Waals surface area contributed by atoms with Crippen molar-refractivity contribution in [1.82, 2.24) is 10.2 Å². The molecule has 2 unspecified atom stereocenters. The summed E-state index contributed by atoms with van der Waals surface area (Å²) in [6.45, 7) is 6.89. The van der Waals surface area contributed by atoms with Crippen LogP contribution in [0.25, 0.3) is 0 Å². The molecule has 0 radical (unpaired) electrons. The molecule has 1 amide bonds. The number of hydrogen-bond donors (Lipinski definition) is 1. The zero-order chi connectivity index (χ0) is 19.9. The number of ether oxygens (including phenoxy) is 1. The Kier molecular flexibility index (Phi) is 7.04. The van der Waals surface area contributed by atoms with E-state index < -0.39 is 0 Å². The lowest BCUT2D eigenvalue weighted by Gasteiger charge is -2.32. The van der Waals surface area contributed by atoms with Gasteiger partial charge in [0.05, 0.1) is 12.0 Å². The summed E-state index contributed by atoms with van der Waals surface area (Å²) >= 11 is 0. The number of carbonyl (C=O) groups is 1. The summed E-state index contributed by atoms with van der Waals surface area (Å²) in [4.78, 5) is 14.9. The van der Waals surface area contributed by atoms with Crippen molar-refractivity contribution in [2.24, 2.45) is 5.92 Å². The monoisotopic (exact) mass is 384 g/mol. The van der Waals surface area contributed by atoms with Crippen molar-refractivity contribution in [3.8, 4) is 5.75 Å². The first-order valence-electron chi connectivity index (χ1n) is 9.96. The maximum absolute atomic E-state index is 13.1. The van der Waals surface area contributed by atoms with Crippen LogP contribution in [0.3, 0.4) is 0 Å². The summed E-state index contributed by atoms with van der Waals surface area (Å²) in [6.07, 6.45) is 1.89. The molecular formula is C23H29FN2O2. The molecule has 1 N–H and O–H groups in total. The Morgan fingerprint density at radius 1 is 1.21 bits per heavy atom. The SMILES string of the molecule is Cc1ccc(OCC(C)NC(=O)C2CCCN(Cc3ccc(F)cc3)C2)cc1. The average molecular weight is 384 g/mol. The molecule has 28 heavy (non-hydrogen) atoms. The van der Waals surface area contributed by atoms with Gasteiger partial charge in [0.1, 0.15) is 18.2 Å². The van der Waals surface area contributed by atoms with Crippen LogP contribution in [0.1, 0.15) is 30.9 Å². The maximum Gasteiger partial charge on any atom is 0.224 e. The van der Waals surface area contributed by atoms with Crippen LogP contribution in [0.5, 0.6) is 5.75 Å². The smallest absolute Gasteiger partial charge is 0.224 e. The fraction of sp³-hybridized carbons (Fsp3) is 0.435. The van der Waals surface area contributed by atoms with E-state index in [0.717, 1.165) is 43.8 Å². The van der Waals surface area contributed by atoms with Gasteiger partial charge < -0.3 is 10.1 Å². The third-order valence-corrected chi connectivity index (χ3v) is 5.11. The number of halogens is 1. The molecule has 0 aromatic heterocycles. The number of carbonyl (C=O) groups excluding carboxylic acids is 1. The molecule has 2 aromatic rings. The maximum atomic E-state index is 13.1. The van der Waals surface area contributed by atoms with Gasteiger partial charge in [0.2, 0.25) is 5.91 Å². The molecule has 2 aromatic carbocycles. The van der Waals surface area contributed by atoms with Gasteiger partial charge in [-0.05, 0) is 63.1 Å². The van der Waals surface area contributed by atoms with E-state index in [1.807, 2.05) is 50.2 Å². The van der Waals surface area contributed by atoms with Crippen molar-refractivity contribution in [1.29, 1.82) is 0 Å². The van der Waals surface area contributed by atoms with Crippen LogP contribution >= 0.6 is 0 Å². The van der Waals surface area contributed by atoms with Crippen LogP contribution < -0.4 is 10.1 Å². The van der Waals surface area contributed by atoms with Gasteiger partial charge in [-0.1, -0.05) is 29.8 Å². The Balaban J connectivity index is 1.45. The fourth-order valence-electron chi connectivity index (χ4n) is 3.52. The molecule has 2 atom stereocenters. The van der Waals surface area contributed by atoms with Crippen LogP contribution in [0, 0.1) is 18.7 Å². The molecule has 4 nitrogen and oxygen atoms in total. The number of hydrogen-bond acceptors (Lipinski definition) is 3. The first kappa shape index (κ1) is 20.3. The molecule has 5 heteroatoms. The molecule has 1 aliphatic heterocycles. The van der Waals surface area contributed by atoms with Gasteiger partial charge in [-0.15, -0.1) is 0 Å². The molecule has 0 bridgehead atoms. The first-order valence-corrected chi connectivity index (χ1v) is 9.96. The molecule has 1 saturated heterocycles. The number of amides is 1. The Morgan fingerprint density at radius 2 is 1.93 bits per heavy atom. The van der Waals surface area contributed by atoms with E-state index >= 15 is 0 Å². The normalized spacial score (nSPS) is 18.5. The lowest BCUT2D eigenvalue weighted by molar-refractivity contribution is -0.127. The van der Waals surface area contributed by atoms with Gasteiger partial charge in [-0.2, -0.15) is 0 Å². The van der Waals surface area contributed by atoms with E-state index in [1.165, 1.54) is 17.7 Å². The van der Waals surface area contributed by atoms with Crippen molar-refractivity contribution < 1.29 is 13.9 Å². The molecular weight excluding hydrogens is 355 g/mol. The van der Waals surface area contributed by atoms with Crippen LogP contribution in [-0.2, 0) is 11.3 Å². The predicted molar refractivity (Wildman–Crippen MR) is 109 cm³/mol. The minimum atomic E-state index is -0.221. The largest absolute Gasteiger partial charge is 0.491 e. The van der Waals surface area contributed by atoms with Gasteiger partial charge in [0, 0.05) is 13.1 Å². The summed E-state index contributed by atoms with van der Waals surface area (Å²) in [5.74, 6) is 0.663. The van der Waals surface area contributed by atoms with E-state index in [0.29, 0.717) is 6.61 Å². The highest BCUT2D eigenvalue weighted by atomic mass is 19.1.